The summed E-state index contributed by atoms with van der Waals surface area (Å²) in [5.74, 6) is -1.30. The summed E-state index contributed by atoms with van der Waals surface area (Å²) >= 11 is 0. The number of nitro benzene ring substituents is 4. The maximum Gasteiger partial charge on any atom is 0.387 e. The van der Waals surface area contributed by atoms with Crippen molar-refractivity contribution < 1.29 is 29.9 Å². The maximum absolute atomic E-state index is 10.3. The molecule has 0 aliphatic rings. The van der Waals surface area contributed by atoms with Crippen molar-refractivity contribution in [3.05, 3.63) is 76.9 Å². The van der Waals surface area contributed by atoms with Crippen LogP contribution in [0.15, 0.2) is 36.4 Å². The molecule has 0 radical (unpaired) electrons. The quantitative estimate of drug-likeness (QED) is 0.593. The molecule has 0 aromatic heterocycles. The van der Waals surface area contributed by atoms with Crippen LogP contribution >= 0.6 is 0 Å². The van der Waals surface area contributed by atoms with Crippen LogP contribution in [0.2, 0.25) is 0 Å². The molecule has 0 aliphatic carbocycles. The normalized spacial score (nSPS) is 9.54. The lowest BCUT2D eigenvalue weighted by molar-refractivity contribution is -0.423. The highest BCUT2D eigenvalue weighted by Gasteiger charge is 2.27. The number of non-ortho nitro benzene ring substituents is 1. The Balaban J connectivity index is 0.000000260. The van der Waals surface area contributed by atoms with Gasteiger partial charge in [-0.25, -0.2) is 0 Å². The fourth-order valence-electron chi connectivity index (χ4n) is 1.63. The van der Waals surface area contributed by atoms with Crippen molar-refractivity contribution in [2.24, 2.45) is 0 Å². The summed E-state index contributed by atoms with van der Waals surface area (Å²) < 4.78 is 0. The molecule has 14 heteroatoms. The molecular weight excluding hydrogens is 360 g/mol. The first-order valence-corrected chi connectivity index (χ1v) is 6.28. The molecule has 0 fully saturated rings. The number of rotatable bonds is 4. The summed E-state index contributed by atoms with van der Waals surface area (Å²) in [5.41, 5.74) is -2.70. The number of hydrogen-bond acceptors (Lipinski definition) is 10. The largest absolute Gasteiger partial charge is 0.502 e. The molecule has 0 heterocycles. The molecular formula is C12H8N4O10. The fourth-order valence-corrected chi connectivity index (χ4v) is 1.63. The Morgan fingerprint density at radius 2 is 1.23 bits per heavy atom. The van der Waals surface area contributed by atoms with Crippen LogP contribution in [0.4, 0.5) is 22.7 Å². The van der Waals surface area contributed by atoms with E-state index in [2.05, 4.69) is 0 Å². The molecule has 0 spiro atoms. The van der Waals surface area contributed by atoms with Gasteiger partial charge in [-0.05, 0) is 12.1 Å². The third-order valence-electron chi connectivity index (χ3n) is 2.74. The average Bonchev–Trinajstić information content (AvgIpc) is 2.54. The minimum atomic E-state index is -0.993. The van der Waals surface area contributed by atoms with Crippen LogP contribution in [0.5, 0.6) is 11.5 Å². The first kappa shape index (κ1) is 19.7. The van der Waals surface area contributed by atoms with Crippen LogP contribution in [0.1, 0.15) is 0 Å². The van der Waals surface area contributed by atoms with Crippen molar-refractivity contribution in [2.45, 2.75) is 0 Å². The summed E-state index contributed by atoms with van der Waals surface area (Å²) in [6.45, 7) is 0. The molecule has 2 aromatic rings. The molecule has 0 aliphatic heterocycles. The number of benzene rings is 2. The van der Waals surface area contributed by atoms with Crippen molar-refractivity contribution in [3.8, 4) is 11.5 Å². The number of para-hydroxylation sites is 1. The second-order valence-corrected chi connectivity index (χ2v) is 4.35. The Hall–Kier alpha value is -4.36. The molecule has 0 bridgehead atoms. The molecule has 0 saturated carbocycles. The van der Waals surface area contributed by atoms with E-state index in [-0.39, 0.29) is 0 Å². The standard InChI is InChI=1S/2C6H4N2O5/c9-6-2-1-4(7(10)11)3-5(6)8(12)13;9-5-3-1-2-4(7(10)11)6(5)8(12)13/h2*1-3,9H. The highest BCUT2D eigenvalue weighted by molar-refractivity contribution is 5.60. The summed E-state index contributed by atoms with van der Waals surface area (Å²) in [6.07, 6.45) is 0. The monoisotopic (exact) mass is 368 g/mol. The minimum absolute atomic E-state index is 0.426. The fraction of sp³-hybridized carbons (Fsp3) is 0. The smallest absolute Gasteiger partial charge is 0.387 e. The molecule has 0 saturated heterocycles. The summed E-state index contributed by atoms with van der Waals surface area (Å²) in [6, 6.07) is 5.75. The summed E-state index contributed by atoms with van der Waals surface area (Å²) in [4.78, 5) is 37.4. The Morgan fingerprint density at radius 1 is 0.654 bits per heavy atom. The average molecular weight is 368 g/mol. The zero-order chi connectivity index (χ0) is 20.0. The van der Waals surface area contributed by atoms with E-state index >= 15 is 0 Å². The van der Waals surface area contributed by atoms with E-state index in [1.165, 1.54) is 6.07 Å². The second kappa shape index (κ2) is 7.95. The summed E-state index contributed by atoms with van der Waals surface area (Å²) in [5, 5.41) is 58.9. The number of nitro groups is 4. The van der Waals surface area contributed by atoms with Gasteiger partial charge in [-0.1, -0.05) is 6.07 Å². The molecule has 136 valence electrons. The molecule has 14 nitrogen and oxygen atoms in total. The van der Waals surface area contributed by atoms with Crippen LogP contribution in [0, 0.1) is 40.5 Å². The van der Waals surface area contributed by atoms with Crippen molar-refractivity contribution >= 4 is 22.7 Å². The maximum atomic E-state index is 10.3. The van der Waals surface area contributed by atoms with Gasteiger partial charge >= 0.3 is 17.1 Å². The van der Waals surface area contributed by atoms with Gasteiger partial charge in [0.25, 0.3) is 5.69 Å². The van der Waals surface area contributed by atoms with Crippen LogP contribution < -0.4 is 0 Å². The predicted molar refractivity (Wildman–Crippen MR) is 82.8 cm³/mol. The summed E-state index contributed by atoms with van der Waals surface area (Å²) in [7, 11) is 0. The van der Waals surface area contributed by atoms with Crippen LogP contribution in [0.25, 0.3) is 0 Å². The second-order valence-electron chi connectivity index (χ2n) is 4.35. The number of nitrogens with zero attached hydrogens (tertiary/aromatic N) is 4. The van der Waals surface area contributed by atoms with Gasteiger partial charge in [0.1, 0.15) is 0 Å². The Bertz CT molecular complexity index is 898. The lowest BCUT2D eigenvalue weighted by Gasteiger charge is -1.95. The van der Waals surface area contributed by atoms with Gasteiger partial charge in [0, 0.05) is 12.1 Å². The Labute approximate surface area is 142 Å². The van der Waals surface area contributed by atoms with Crippen LogP contribution in [-0.4, -0.2) is 29.9 Å². The van der Waals surface area contributed by atoms with Crippen molar-refractivity contribution in [1.82, 2.24) is 0 Å². The Kier molecular flexibility index (Phi) is 6.02. The zero-order valence-electron chi connectivity index (χ0n) is 12.4. The lowest BCUT2D eigenvalue weighted by Crippen LogP contribution is -1.96. The van der Waals surface area contributed by atoms with E-state index in [0.717, 1.165) is 24.3 Å². The first-order chi connectivity index (χ1) is 12.1. The highest BCUT2D eigenvalue weighted by atomic mass is 16.6. The molecule has 2 N–H and O–H groups in total. The molecule has 2 rings (SSSR count). The van der Waals surface area contributed by atoms with E-state index < -0.39 is 53.9 Å². The van der Waals surface area contributed by atoms with Gasteiger partial charge < -0.3 is 10.2 Å². The van der Waals surface area contributed by atoms with Gasteiger partial charge in [0.2, 0.25) is 5.75 Å². The van der Waals surface area contributed by atoms with Gasteiger partial charge in [-0.3, -0.25) is 40.5 Å². The SMILES string of the molecule is O=[N+]([O-])c1ccc(O)c([N+](=O)[O-])c1.O=[N+]([O-])c1cccc(O)c1[N+](=O)[O-]. The molecule has 0 unspecified atom stereocenters. The molecule has 26 heavy (non-hydrogen) atoms. The van der Waals surface area contributed by atoms with Crippen molar-refractivity contribution in [2.75, 3.05) is 0 Å². The zero-order valence-corrected chi connectivity index (χ0v) is 12.4. The number of phenols is 2. The van der Waals surface area contributed by atoms with E-state index in [1.807, 2.05) is 0 Å². The topological polar surface area (TPSA) is 213 Å². The molecule has 0 amide bonds. The van der Waals surface area contributed by atoms with E-state index in [0.29, 0.717) is 6.07 Å². The Morgan fingerprint density at radius 3 is 1.65 bits per heavy atom. The lowest BCUT2D eigenvalue weighted by atomic mass is 10.2. The predicted octanol–water partition coefficient (Wildman–Crippen LogP) is 2.42. The van der Waals surface area contributed by atoms with E-state index in [1.54, 1.807) is 0 Å². The van der Waals surface area contributed by atoms with Crippen molar-refractivity contribution in [1.29, 1.82) is 0 Å². The molecule has 0 atom stereocenters. The third-order valence-corrected chi connectivity index (χ3v) is 2.74. The van der Waals surface area contributed by atoms with Crippen molar-refractivity contribution in [3.63, 3.8) is 0 Å². The number of phenolic OH excluding ortho intramolecular Hbond substituents is 2. The third kappa shape index (κ3) is 4.57. The van der Waals surface area contributed by atoms with E-state index in [9.17, 15) is 40.5 Å². The molecule has 2 aromatic carbocycles. The number of hydrogen-bond donors (Lipinski definition) is 2. The van der Waals surface area contributed by atoms with Gasteiger partial charge in [-0.2, -0.15) is 0 Å². The highest BCUT2D eigenvalue weighted by Crippen LogP contribution is 2.34. The van der Waals surface area contributed by atoms with Gasteiger partial charge in [0.15, 0.2) is 5.75 Å². The van der Waals surface area contributed by atoms with Gasteiger partial charge in [0.05, 0.1) is 25.8 Å². The van der Waals surface area contributed by atoms with Gasteiger partial charge in [-0.15, -0.1) is 0 Å². The van der Waals surface area contributed by atoms with Crippen LogP contribution in [-0.2, 0) is 0 Å². The first-order valence-electron chi connectivity index (χ1n) is 6.28. The number of aromatic hydroxyl groups is 2. The van der Waals surface area contributed by atoms with E-state index in [4.69, 9.17) is 10.2 Å². The van der Waals surface area contributed by atoms with Crippen LogP contribution in [0.3, 0.4) is 0 Å². The minimum Gasteiger partial charge on any atom is -0.502 e.